The Morgan fingerprint density at radius 3 is 2.48 bits per heavy atom. The summed E-state index contributed by atoms with van der Waals surface area (Å²) in [5.74, 6) is -0.418. The second-order valence-corrected chi connectivity index (χ2v) is 9.61. The molecule has 1 saturated heterocycles. The highest BCUT2D eigenvalue weighted by molar-refractivity contribution is 6.02. The quantitative estimate of drug-likeness (QED) is 0.174. The standard InChI is InChI=1S/C30H38N6O4/c1-2-36-22-28(33-34-36)23-40-17-16-39-15-14-38-13-10-32-30(37)27(21-31)19-24-6-7-26-20-29(9-8-25(26)18-24)35-11-4-3-5-12-35/h6-9,18-20,22H,2-5,10-17,23H2,1H3,(H,32,37)/b27-19+. The van der Waals surface area contributed by atoms with Crippen molar-refractivity contribution in [1.82, 2.24) is 20.3 Å². The summed E-state index contributed by atoms with van der Waals surface area (Å²) < 4.78 is 18.2. The van der Waals surface area contributed by atoms with Crippen LogP contribution in [0.2, 0.25) is 0 Å². The summed E-state index contributed by atoms with van der Waals surface area (Å²) in [5.41, 5.74) is 2.92. The number of amides is 1. The van der Waals surface area contributed by atoms with E-state index >= 15 is 0 Å². The molecule has 0 aliphatic carbocycles. The van der Waals surface area contributed by atoms with E-state index in [1.54, 1.807) is 10.8 Å². The fourth-order valence-electron chi connectivity index (χ4n) is 4.51. The number of nitriles is 1. The predicted molar refractivity (Wildman–Crippen MR) is 154 cm³/mol. The van der Waals surface area contributed by atoms with E-state index in [2.05, 4.69) is 38.7 Å². The van der Waals surface area contributed by atoms with Gasteiger partial charge in [-0.3, -0.25) is 9.48 Å². The van der Waals surface area contributed by atoms with Crippen molar-refractivity contribution in [1.29, 1.82) is 5.26 Å². The lowest BCUT2D eigenvalue weighted by Gasteiger charge is -2.29. The molecular formula is C30H38N6O4. The van der Waals surface area contributed by atoms with Crippen LogP contribution in [0.25, 0.3) is 16.8 Å². The number of nitrogens with one attached hydrogen (secondary N) is 1. The first-order valence-corrected chi connectivity index (χ1v) is 14.0. The van der Waals surface area contributed by atoms with Crippen molar-refractivity contribution in [3.8, 4) is 6.07 Å². The van der Waals surface area contributed by atoms with Gasteiger partial charge in [0, 0.05) is 31.9 Å². The normalized spacial score (nSPS) is 13.9. The Morgan fingerprint density at radius 1 is 1.00 bits per heavy atom. The monoisotopic (exact) mass is 546 g/mol. The van der Waals surface area contributed by atoms with Crippen LogP contribution in [-0.2, 0) is 32.2 Å². The van der Waals surface area contributed by atoms with Crippen molar-refractivity contribution >= 4 is 28.4 Å². The SMILES string of the molecule is CCn1cc(COCCOCCOCCNC(=O)/C(C#N)=C/c2ccc3cc(N4CCCCC4)ccc3c2)nn1. The second kappa shape index (κ2) is 15.7. The van der Waals surface area contributed by atoms with E-state index < -0.39 is 5.91 Å². The molecule has 4 rings (SSSR count). The molecule has 212 valence electrons. The molecule has 0 atom stereocenters. The van der Waals surface area contributed by atoms with Crippen molar-refractivity contribution in [2.75, 3.05) is 57.6 Å². The molecule has 0 bridgehead atoms. The average Bonchev–Trinajstić information content (AvgIpc) is 3.46. The van der Waals surface area contributed by atoms with Gasteiger partial charge in [-0.1, -0.05) is 23.4 Å². The fourth-order valence-corrected chi connectivity index (χ4v) is 4.51. The first-order chi connectivity index (χ1) is 19.7. The number of nitrogens with zero attached hydrogens (tertiary/aromatic N) is 5. The van der Waals surface area contributed by atoms with Gasteiger partial charge in [0.2, 0.25) is 0 Å². The largest absolute Gasteiger partial charge is 0.377 e. The number of rotatable bonds is 15. The summed E-state index contributed by atoms with van der Waals surface area (Å²) in [5, 5.41) is 22.5. The van der Waals surface area contributed by atoms with Crippen molar-refractivity contribution in [2.45, 2.75) is 39.3 Å². The molecule has 1 aliphatic heterocycles. The number of anilines is 1. The first kappa shape index (κ1) is 29.2. The summed E-state index contributed by atoms with van der Waals surface area (Å²) in [6.07, 6.45) is 7.27. The van der Waals surface area contributed by atoms with Gasteiger partial charge in [-0.15, -0.1) is 5.10 Å². The molecule has 0 spiro atoms. The highest BCUT2D eigenvalue weighted by Crippen LogP contribution is 2.26. The van der Waals surface area contributed by atoms with Gasteiger partial charge < -0.3 is 24.4 Å². The van der Waals surface area contributed by atoms with Gasteiger partial charge in [0.25, 0.3) is 5.91 Å². The number of ether oxygens (including phenoxy) is 3. The third-order valence-corrected chi connectivity index (χ3v) is 6.68. The summed E-state index contributed by atoms with van der Waals surface area (Å²) in [6.45, 7) is 7.75. The van der Waals surface area contributed by atoms with Gasteiger partial charge in [0.15, 0.2) is 0 Å². The smallest absolute Gasteiger partial charge is 0.262 e. The molecule has 0 unspecified atom stereocenters. The molecule has 10 heteroatoms. The second-order valence-electron chi connectivity index (χ2n) is 9.61. The van der Waals surface area contributed by atoms with Crippen molar-refractivity contribution < 1.29 is 19.0 Å². The van der Waals surface area contributed by atoms with E-state index in [1.165, 1.54) is 24.9 Å². The van der Waals surface area contributed by atoms with Gasteiger partial charge >= 0.3 is 0 Å². The van der Waals surface area contributed by atoms with Gasteiger partial charge in [0.05, 0.1) is 45.8 Å². The highest BCUT2D eigenvalue weighted by Gasteiger charge is 2.12. The van der Waals surface area contributed by atoms with Crippen LogP contribution in [0.3, 0.4) is 0 Å². The molecule has 1 fully saturated rings. The number of piperidine rings is 1. The fraction of sp³-hybridized carbons (Fsp3) is 0.467. The van der Waals surface area contributed by atoms with Crippen molar-refractivity contribution in [3.63, 3.8) is 0 Å². The Labute approximate surface area is 235 Å². The summed E-state index contributed by atoms with van der Waals surface area (Å²) in [7, 11) is 0. The molecule has 1 N–H and O–H groups in total. The van der Waals surface area contributed by atoms with E-state index in [0.29, 0.717) is 46.2 Å². The lowest BCUT2D eigenvalue weighted by atomic mass is 10.0. The maximum Gasteiger partial charge on any atom is 0.262 e. The van der Waals surface area contributed by atoms with E-state index in [9.17, 15) is 10.1 Å². The van der Waals surface area contributed by atoms with Gasteiger partial charge in [-0.05, 0) is 66.8 Å². The Kier molecular flexibility index (Phi) is 11.5. The van der Waals surface area contributed by atoms with Gasteiger partial charge in [-0.25, -0.2) is 0 Å². The van der Waals surface area contributed by atoms with E-state index in [1.807, 2.05) is 37.4 Å². The molecule has 1 aromatic heterocycles. The minimum absolute atomic E-state index is 0.0601. The molecule has 1 amide bonds. The molecule has 0 saturated carbocycles. The molecule has 0 radical (unpaired) electrons. The summed E-state index contributed by atoms with van der Waals surface area (Å²) in [4.78, 5) is 14.9. The summed E-state index contributed by atoms with van der Waals surface area (Å²) in [6, 6.07) is 14.5. The number of aryl methyl sites for hydroxylation is 1. The van der Waals surface area contributed by atoms with Crippen molar-refractivity contribution in [3.05, 3.63) is 59.4 Å². The van der Waals surface area contributed by atoms with Gasteiger partial charge in [-0.2, -0.15) is 5.26 Å². The Balaban J connectivity index is 1.11. The van der Waals surface area contributed by atoms with Crippen LogP contribution in [0.1, 0.15) is 37.4 Å². The lowest BCUT2D eigenvalue weighted by Crippen LogP contribution is -2.29. The Morgan fingerprint density at radius 2 is 1.73 bits per heavy atom. The minimum Gasteiger partial charge on any atom is -0.377 e. The van der Waals surface area contributed by atoms with Crippen LogP contribution in [0.5, 0.6) is 0 Å². The number of fused-ring (bicyclic) bond motifs is 1. The zero-order valence-corrected chi connectivity index (χ0v) is 23.2. The van der Waals surface area contributed by atoms with Crippen molar-refractivity contribution in [2.24, 2.45) is 0 Å². The molecule has 2 heterocycles. The van der Waals surface area contributed by atoms with Gasteiger partial charge in [0.1, 0.15) is 17.3 Å². The van der Waals surface area contributed by atoms with Crippen LogP contribution in [-0.4, -0.2) is 73.6 Å². The average molecular weight is 547 g/mol. The lowest BCUT2D eigenvalue weighted by molar-refractivity contribution is -0.117. The van der Waals surface area contributed by atoms with E-state index in [4.69, 9.17) is 14.2 Å². The molecule has 2 aromatic carbocycles. The maximum absolute atomic E-state index is 12.5. The number of carbonyl (C=O) groups is 1. The maximum atomic E-state index is 12.5. The molecule has 40 heavy (non-hydrogen) atoms. The molecular weight excluding hydrogens is 508 g/mol. The molecule has 3 aromatic rings. The third kappa shape index (κ3) is 8.88. The Bertz CT molecular complexity index is 1310. The topological polar surface area (TPSA) is 115 Å². The highest BCUT2D eigenvalue weighted by atomic mass is 16.5. The number of carbonyl (C=O) groups excluding carboxylic acids is 1. The van der Waals surface area contributed by atoms with E-state index in [0.717, 1.165) is 41.7 Å². The summed E-state index contributed by atoms with van der Waals surface area (Å²) >= 11 is 0. The zero-order chi connectivity index (χ0) is 28.0. The van der Waals surface area contributed by atoms with E-state index in [-0.39, 0.29) is 5.57 Å². The first-order valence-electron chi connectivity index (χ1n) is 14.0. The number of benzene rings is 2. The minimum atomic E-state index is -0.418. The van der Waals surface area contributed by atoms with Crippen LogP contribution in [0.15, 0.2) is 48.2 Å². The van der Waals surface area contributed by atoms with Crippen LogP contribution in [0.4, 0.5) is 5.69 Å². The van der Waals surface area contributed by atoms with Crippen LogP contribution >= 0.6 is 0 Å². The Hall–Kier alpha value is -3.78. The number of hydrogen-bond donors (Lipinski definition) is 1. The third-order valence-electron chi connectivity index (χ3n) is 6.68. The van der Waals surface area contributed by atoms with Crippen LogP contribution in [0, 0.1) is 11.3 Å². The number of aromatic nitrogens is 3. The van der Waals surface area contributed by atoms with Crippen LogP contribution < -0.4 is 10.2 Å². The zero-order valence-electron chi connectivity index (χ0n) is 23.2. The number of hydrogen-bond acceptors (Lipinski definition) is 8. The molecule has 10 nitrogen and oxygen atoms in total. The predicted octanol–water partition coefficient (Wildman–Crippen LogP) is 3.71. The molecule has 1 aliphatic rings.